The van der Waals surface area contributed by atoms with Crippen molar-refractivity contribution < 1.29 is 4.39 Å². The summed E-state index contributed by atoms with van der Waals surface area (Å²) in [7, 11) is 0. The zero-order valence-electron chi connectivity index (χ0n) is 13.8. The molecule has 1 heteroatoms. The fraction of sp³-hybridized carbons (Fsp3) is 0.619. The molecule has 4 unspecified atom stereocenters. The minimum Gasteiger partial charge on any atom is -0.207 e. The molecule has 0 aliphatic heterocycles. The summed E-state index contributed by atoms with van der Waals surface area (Å²) in [5, 5.41) is 0. The molecule has 4 atom stereocenters. The summed E-state index contributed by atoms with van der Waals surface area (Å²) in [6, 6.07) is 7.26. The first kappa shape index (κ1) is 15.8. The van der Waals surface area contributed by atoms with Gasteiger partial charge in [-0.3, -0.25) is 0 Å². The van der Waals surface area contributed by atoms with Crippen LogP contribution in [0.2, 0.25) is 0 Å². The van der Waals surface area contributed by atoms with Crippen molar-refractivity contribution in [2.24, 2.45) is 17.8 Å². The molecule has 22 heavy (non-hydrogen) atoms. The van der Waals surface area contributed by atoms with E-state index in [1.165, 1.54) is 56.9 Å². The van der Waals surface area contributed by atoms with Crippen LogP contribution in [0.1, 0.15) is 69.8 Å². The van der Waals surface area contributed by atoms with Crippen LogP contribution in [0.3, 0.4) is 0 Å². The van der Waals surface area contributed by atoms with Gasteiger partial charge in [0.25, 0.3) is 0 Å². The number of rotatable bonds is 4. The molecule has 0 bridgehead atoms. The predicted octanol–water partition coefficient (Wildman–Crippen LogP) is 6.48. The van der Waals surface area contributed by atoms with Crippen LogP contribution in [-0.2, 0) is 0 Å². The number of hydrogen-bond donors (Lipinski definition) is 0. The van der Waals surface area contributed by atoms with Gasteiger partial charge in [-0.2, -0.15) is 0 Å². The first-order valence-electron chi connectivity index (χ1n) is 9.13. The lowest BCUT2D eigenvalue weighted by Crippen LogP contribution is -2.30. The van der Waals surface area contributed by atoms with Crippen molar-refractivity contribution in [1.29, 1.82) is 0 Å². The van der Waals surface area contributed by atoms with E-state index in [1.807, 2.05) is 12.1 Å². The van der Waals surface area contributed by atoms with Crippen LogP contribution in [-0.4, -0.2) is 0 Å². The highest BCUT2D eigenvalue weighted by Crippen LogP contribution is 2.48. The molecule has 0 aromatic heterocycles. The third kappa shape index (κ3) is 3.80. The average molecular weight is 300 g/mol. The maximum Gasteiger partial charge on any atom is 0.123 e. The van der Waals surface area contributed by atoms with Gasteiger partial charge >= 0.3 is 0 Å². The van der Waals surface area contributed by atoms with Crippen LogP contribution in [0.15, 0.2) is 36.4 Å². The van der Waals surface area contributed by atoms with Gasteiger partial charge in [0.05, 0.1) is 0 Å². The molecule has 1 aromatic carbocycles. The van der Waals surface area contributed by atoms with Gasteiger partial charge in [0.1, 0.15) is 5.82 Å². The summed E-state index contributed by atoms with van der Waals surface area (Å²) >= 11 is 0. The second-order valence-corrected chi connectivity index (χ2v) is 7.41. The third-order valence-electron chi connectivity index (χ3n) is 6.04. The fourth-order valence-corrected chi connectivity index (χ4v) is 4.78. The van der Waals surface area contributed by atoms with E-state index in [9.17, 15) is 4.39 Å². The number of fused-ring (bicyclic) bond motifs is 1. The monoisotopic (exact) mass is 300 g/mol. The zero-order valence-corrected chi connectivity index (χ0v) is 13.8. The Morgan fingerprint density at radius 2 is 1.73 bits per heavy atom. The van der Waals surface area contributed by atoms with E-state index in [4.69, 9.17) is 0 Å². The van der Waals surface area contributed by atoms with Crippen molar-refractivity contribution >= 4 is 0 Å². The molecule has 3 rings (SSSR count). The average Bonchev–Trinajstić information content (AvgIpc) is 2.55. The van der Waals surface area contributed by atoms with Gasteiger partial charge in [-0.05, 0) is 93.2 Å². The summed E-state index contributed by atoms with van der Waals surface area (Å²) in [4.78, 5) is 0. The summed E-state index contributed by atoms with van der Waals surface area (Å²) in [6.45, 7) is 2.12. The SMILES string of the molecule is C/C=C/CCC1CCC2CC(c3ccc(F)cc3)CCC2C1. The minimum absolute atomic E-state index is 0.112. The van der Waals surface area contributed by atoms with E-state index in [1.54, 1.807) is 12.1 Å². The van der Waals surface area contributed by atoms with Crippen LogP contribution >= 0.6 is 0 Å². The Balaban J connectivity index is 1.54. The number of allylic oxidation sites excluding steroid dienone is 2. The molecular formula is C21H29F. The van der Waals surface area contributed by atoms with Crippen molar-refractivity contribution in [3.8, 4) is 0 Å². The largest absolute Gasteiger partial charge is 0.207 e. The molecule has 2 fully saturated rings. The maximum absolute atomic E-state index is 13.1. The molecule has 2 aliphatic rings. The quantitative estimate of drug-likeness (QED) is 0.558. The molecule has 0 nitrogen and oxygen atoms in total. The van der Waals surface area contributed by atoms with Crippen LogP contribution in [0.5, 0.6) is 0 Å². The van der Waals surface area contributed by atoms with E-state index in [2.05, 4.69) is 19.1 Å². The smallest absolute Gasteiger partial charge is 0.123 e. The van der Waals surface area contributed by atoms with Gasteiger partial charge < -0.3 is 0 Å². The minimum atomic E-state index is -0.112. The van der Waals surface area contributed by atoms with Crippen molar-refractivity contribution in [2.75, 3.05) is 0 Å². The molecule has 0 amide bonds. The highest BCUT2D eigenvalue weighted by Gasteiger charge is 2.35. The summed E-state index contributed by atoms with van der Waals surface area (Å²) < 4.78 is 13.1. The number of hydrogen-bond acceptors (Lipinski definition) is 0. The van der Waals surface area contributed by atoms with Gasteiger partial charge in [0.15, 0.2) is 0 Å². The standard InChI is InChI=1S/C21H29F/c1-2-3-4-5-16-6-7-20-15-19(9-8-18(20)14-16)17-10-12-21(22)13-11-17/h2-3,10-13,16,18-20H,4-9,14-15H2,1H3/b3-2+. The predicted molar refractivity (Wildman–Crippen MR) is 91.4 cm³/mol. The third-order valence-corrected chi connectivity index (χ3v) is 6.04. The lowest BCUT2D eigenvalue weighted by Gasteiger charge is -2.42. The Kier molecular flexibility index (Phi) is 5.33. The van der Waals surface area contributed by atoms with Gasteiger partial charge in [0.2, 0.25) is 0 Å². The van der Waals surface area contributed by atoms with Gasteiger partial charge in [0, 0.05) is 0 Å². The van der Waals surface area contributed by atoms with Crippen molar-refractivity contribution in [2.45, 2.75) is 64.2 Å². The van der Waals surface area contributed by atoms with E-state index in [-0.39, 0.29) is 5.82 Å². The Morgan fingerprint density at radius 1 is 1.00 bits per heavy atom. The summed E-state index contributed by atoms with van der Waals surface area (Å²) in [5.74, 6) is 3.39. The Labute approximate surface area is 134 Å². The van der Waals surface area contributed by atoms with Crippen molar-refractivity contribution in [3.63, 3.8) is 0 Å². The Hall–Kier alpha value is -1.11. The molecule has 2 saturated carbocycles. The molecule has 120 valence electrons. The molecular weight excluding hydrogens is 271 g/mol. The summed E-state index contributed by atoms with van der Waals surface area (Å²) in [6.07, 6.45) is 15.5. The normalized spacial score (nSPS) is 32.1. The van der Waals surface area contributed by atoms with E-state index >= 15 is 0 Å². The first-order valence-corrected chi connectivity index (χ1v) is 9.13. The number of halogens is 1. The Morgan fingerprint density at radius 3 is 2.50 bits per heavy atom. The topological polar surface area (TPSA) is 0 Å². The van der Waals surface area contributed by atoms with Crippen molar-refractivity contribution in [3.05, 3.63) is 47.8 Å². The molecule has 0 radical (unpaired) electrons. The van der Waals surface area contributed by atoms with E-state index in [0.29, 0.717) is 5.92 Å². The van der Waals surface area contributed by atoms with Crippen molar-refractivity contribution in [1.82, 2.24) is 0 Å². The maximum atomic E-state index is 13.1. The van der Waals surface area contributed by atoms with Gasteiger partial charge in [-0.15, -0.1) is 0 Å². The second-order valence-electron chi connectivity index (χ2n) is 7.41. The molecule has 2 aliphatic carbocycles. The first-order chi connectivity index (χ1) is 10.8. The molecule has 0 saturated heterocycles. The molecule has 0 spiro atoms. The van der Waals surface area contributed by atoms with Gasteiger partial charge in [-0.25, -0.2) is 4.39 Å². The zero-order chi connectivity index (χ0) is 15.4. The highest BCUT2D eigenvalue weighted by molar-refractivity contribution is 5.21. The van der Waals surface area contributed by atoms with E-state index in [0.717, 1.165) is 17.8 Å². The van der Waals surface area contributed by atoms with Crippen LogP contribution in [0.25, 0.3) is 0 Å². The molecule has 1 aromatic rings. The van der Waals surface area contributed by atoms with Crippen LogP contribution in [0.4, 0.5) is 4.39 Å². The van der Waals surface area contributed by atoms with Gasteiger partial charge in [-0.1, -0.05) is 30.7 Å². The second kappa shape index (κ2) is 7.44. The van der Waals surface area contributed by atoms with Crippen LogP contribution < -0.4 is 0 Å². The highest BCUT2D eigenvalue weighted by atomic mass is 19.1. The fourth-order valence-electron chi connectivity index (χ4n) is 4.78. The Bertz CT molecular complexity index is 487. The van der Waals surface area contributed by atoms with E-state index < -0.39 is 0 Å². The summed E-state index contributed by atoms with van der Waals surface area (Å²) in [5.41, 5.74) is 1.36. The van der Waals surface area contributed by atoms with Crippen LogP contribution in [0, 0.1) is 23.6 Å². The molecule has 0 heterocycles. The lowest BCUT2D eigenvalue weighted by atomic mass is 9.63. The number of benzene rings is 1. The lowest BCUT2D eigenvalue weighted by molar-refractivity contribution is 0.115. The molecule has 0 N–H and O–H groups in total.